The zero-order valence-electron chi connectivity index (χ0n) is 20.6. The van der Waals surface area contributed by atoms with E-state index in [1.54, 1.807) is 31.5 Å². The first-order valence-electron chi connectivity index (χ1n) is 12.2. The molecule has 0 radical (unpaired) electrons. The second kappa shape index (κ2) is 9.77. The molecule has 0 spiro atoms. The van der Waals surface area contributed by atoms with Crippen molar-refractivity contribution < 1.29 is 9.53 Å². The number of para-hydroxylation sites is 1. The summed E-state index contributed by atoms with van der Waals surface area (Å²) in [6.45, 7) is 0.369. The van der Waals surface area contributed by atoms with Gasteiger partial charge in [0, 0.05) is 18.3 Å². The van der Waals surface area contributed by atoms with Crippen LogP contribution in [0.15, 0.2) is 79.4 Å². The van der Waals surface area contributed by atoms with E-state index >= 15 is 0 Å². The van der Waals surface area contributed by atoms with E-state index in [2.05, 4.69) is 37.7 Å². The molecule has 0 saturated heterocycles. The molecule has 190 valence electrons. The molecule has 0 aliphatic heterocycles. The fraction of sp³-hybridized carbons (Fsp3) is 0.185. The van der Waals surface area contributed by atoms with E-state index in [1.165, 1.54) is 6.33 Å². The SMILES string of the molecule is COc1ccccc1C(=O)NCc1ccc(-c2nn([C@H]3C=C[C@H](n4ccnn4)C3)c3ncnc(N)c23)cc1. The first-order chi connectivity index (χ1) is 18.6. The number of aromatic nitrogens is 7. The average Bonchev–Trinajstić information content (AvgIpc) is 3.72. The van der Waals surface area contributed by atoms with Crippen LogP contribution in [0.3, 0.4) is 0 Å². The van der Waals surface area contributed by atoms with E-state index in [0.29, 0.717) is 40.4 Å². The Kier molecular flexibility index (Phi) is 6.00. The number of carbonyl (C=O) groups is 1. The van der Waals surface area contributed by atoms with Gasteiger partial charge in [-0.2, -0.15) is 5.10 Å². The topological polar surface area (TPSA) is 139 Å². The first kappa shape index (κ1) is 23.3. The lowest BCUT2D eigenvalue weighted by molar-refractivity contribution is 0.0948. The van der Waals surface area contributed by atoms with Crippen molar-refractivity contribution in [2.75, 3.05) is 12.8 Å². The van der Waals surface area contributed by atoms with E-state index in [-0.39, 0.29) is 18.0 Å². The van der Waals surface area contributed by atoms with Crippen LogP contribution >= 0.6 is 0 Å². The lowest BCUT2D eigenvalue weighted by Crippen LogP contribution is -2.23. The lowest BCUT2D eigenvalue weighted by Gasteiger charge is -2.13. The van der Waals surface area contributed by atoms with Gasteiger partial charge in [-0.3, -0.25) is 4.79 Å². The van der Waals surface area contributed by atoms with E-state index in [0.717, 1.165) is 17.5 Å². The number of allylic oxidation sites excluding steroid dienone is 2. The quantitative estimate of drug-likeness (QED) is 0.320. The minimum absolute atomic E-state index is 0.0146. The van der Waals surface area contributed by atoms with Gasteiger partial charge in [0.25, 0.3) is 5.91 Å². The van der Waals surface area contributed by atoms with E-state index in [1.807, 2.05) is 45.9 Å². The van der Waals surface area contributed by atoms with Crippen LogP contribution in [0.5, 0.6) is 5.75 Å². The number of methoxy groups -OCH3 is 1. The highest BCUT2D eigenvalue weighted by Crippen LogP contribution is 2.36. The van der Waals surface area contributed by atoms with Crippen LogP contribution < -0.4 is 15.8 Å². The second-order valence-electron chi connectivity index (χ2n) is 8.97. The van der Waals surface area contributed by atoms with Gasteiger partial charge in [-0.1, -0.05) is 53.8 Å². The zero-order chi connectivity index (χ0) is 26.1. The Morgan fingerprint density at radius 2 is 1.92 bits per heavy atom. The summed E-state index contributed by atoms with van der Waals surface area (Å²) >= 11 is 0. The highest BCUT2D eigenvalue weighted by molar-refractivity contribution is 5.98. The summed E-state index contributed by atoms with van der Waals surface area (Å²) in [5.41, 5.74) is 10.00. The molecule has 2 atom stereocenters. The van der Waals surface area contributed by atoms with Crippen molar-refractivity contribution in [3.8, 4) is 17.0 Å². The van der Waals surface area contributed by atoms with Gasteiger partial charge in [-0.25, -0.2) is 19.3 Å². The second-order valence-corrected chi connectivity index (χ2v) is 8.97. The maximum absolute atomic E-state index is 12.7. The Morgan fingerprint density at radius 3 is 2.71 bits per heavy atom. The molecule has 3 aromatic heterocycles. The Balaban J connectivity index is 1.24. The Bertz CT molecular complexity index is 1620. The fourth-order valence-electron chi connectivity index (χ4n) is 4.75. The number of nitrogen functional groups attached to an aromatic ring is 1. The number of hydrogen-bond donors (Lipinski definition) is 2. The van der Waals surface area contributed by atoms with Crippen molar-refractivity contribution >= 4 is 22.8 Å². The Labute approximate surface area is 218 Å². The number of fused-ring (bicyclic) bond motifs is 1. The number of hydrogen-bond acceptors (Lipinski definition) is 8. The number of amides is 1. The maximum atomic E-state index is 12.7. The van der Waals surface area contributed by atoms with Crippen molar-refractivity contribution in [1.29, 1.82) is 0 Å². The van der Waals surface area contributed by atoms with Crippen molar-refractivity contribution in [2.24, 2.45) is 0 Å². The molecule has 1 aliphatic rings. The number of anilines is 1. The molecule has 0 saturated carbocycles. The minimum atomic E-state index is -0.199. The van der Waals surface area contributed by atoms with Crippen molar-refractivity contribution in [3.63, 3.8) is 0 Å². The van der Waals surface area contributed by atoms with Gasteiger partial charge in [0.1, 0.15) is 23.6 Å². The summed E-state index contributed by atoms with van der Waals surface area (Å²) < 4.78 is 9.02. The van der Waals surface area contributed by atoms with Crippen molar-refractivity contribution in [1.82, 2.24) is 40.1 Å². The highest BCUT2D eigenvalue weighted by atomic mass is 16.5. The molecule has 1 aliphatic carbocycles. The summed E-state index contributed by atoms with van der Waals surface area (Å²) in [6.07, 6.45) is 9.96. The number of nitrogens with two attached hydrogens (primary N) is 1. The van der Waals surface area contributed by atoms with Crippen LogP contribution in [0.2, 0.25) is 0 Å². The third-order valence-corrected chi connectivity index (χ3v) is 6.68. The summed E-state index contributed by atoms with van der Waals surface area (Å²) in [6, 6.07) is 15.1. The minimum Gasteiger partial charge on any atom is -0.496 e. The van der Waals surface area contributed by atoms with Gasteiger partial charge in [-0.15, -0.1) is 5.10 Å². The van der Waals surface area contributed by atoms with Gasteiger partial charge < -0.3 is 15.8 Å². The van der Waals surface area contributed by atoms with Gasteiger partial charge in [-0.05, 0) is 24.1 Å². The number of ether oxygens (including phenoxy) is 1. The van der Waals surface area contributed by atoms with Crippen LogP contribution in [-0.2, 0) is 6.54 Å². The monoisotopic (exact) mass is 507 g/mol. The van der Waals surface area contributed by atoms with Crippen LogP contribution in [-0.4, -0.2) is 47.8 Å². The molecule has 0 fully saturated rings. The normalized spacial score (nSPS) is 16.7. The average molecular weight is 508 g/mol. The van der Waals surface area contributed by atoms with Crippen molar-refractivity contribution in [3.05, 3.63) is 90.5 Å². The van der Waals surface area contributed by atoms with E-state index in [9.17, 15) is 4.79 Å². The van der Waals surface area contributed by atoms with Gasteiger partial charge in [0.05, 0.1) is 36.3 Å². The molecule has 0 unspecified atom stereocenters. The van der Waals surface area contributed by atoms with Crippen LogP contribution in [0.25, 0.3) is 22.3 Å². The predicted molar refractivity (Wildman–Crippen MR) is 141 cm³/mol. The standard InChI is InChI=1S/C27H25N9O2/c1-38-22-5-3-2-4-21(22)27(37)29-15-17-6-8-18(9-7-17)24-23-25(28)30-16-31-26(23)36(33-24)20-11-10-19(14-20)35-13-12-32-34-35/h2-13,16,19-20H,14-15H2,1H3,(H,29,37)(H2,28,30,31)/t19-,20-/m0/s1. The molecular formula is C27H25N9O2. The largest absolute Gasteiger partial charge is 0.496 e. The molecule has 6 rings (SSSR count). The predicted octanol–water partition coefficient (Wildman–Crippen LogP) is 3.35. The fourth-order valence-corrected chi connectivity index (χ4v) is 4.75. The van der Waals surface area contributed by atoms with Crippen LogP contribution in [0, 0.1) is 0 Å². The van der Waals surface area contributed by atoms with Crippen LogP contribution in [0.1, 0.15) is 34.4 Å². The number of nitrogens with zero attached hydrogens (tertiary/aromatic N) is 7. The highest BCUT2D eigenvalue weighted by Gasteiger charge is 2.27. The summed E-state index contributed by atoms with van der Waals surface area (Å²) in [5.74, 6) is 0.710. The molecular weight excluding hydrogens is 482 g/mol. The first-order valence-corrected chi connectivity index (χ1v) is 12.2. The third-order valence-electron chi connectivity index (χ3n) is 6.68. The number of nitrogens with one attached hydrogen (secondary N) is 1. The number of carbonyl (C=O) groups excluding carboxylic acids is 1. The zero-order valence-corrected chi connectivity index (χ0v) is 20.6. The van der Waals surface area contributed by atoms with Gasteiger partial charge >= 0.3 is 0 Å². The van der Waals surface area contributed by atoms with Gasteiger partial charge in [0.2, 0.25) is 0 Å². The molecule has 3 heterocycles. The molecule has 11 heteroatoms. The molecule has 38 heavy (non-hydrogen) atoms. The molecule has 0 bridgehead atoms. The smallest absolute Gasteiger partial charge is 0.255 e. The third kappa shape index (κ3) is 4.23. The lowest BCUT2D eigenvalue weighted by atomic mass is 10.1. The molecule has 5 aromatic rings. The summed E-state index contributed by atoms with van der Waals surface area (Å²) in [7, 11) is 1.55. The van der Waals surface area contributed by atoms with Crippen molar-refractivity contribution in [2.45, 2.75) is 25.0 Å². The Hall–Kier alpha value is -5.06. The number of rotatable bonds is 7. The van der Waals surface area contributed by atoms with E-state index < -0.39 is 0 Å². The Morgan fingerprint density at radius 1 is 1.11 bits per heavy atom. The molecule has 2 aromatic carbocycles. The van der Waals surface area contributed by atoms with Gasteiger partial charge in [0.15, 0.2) is 5.65 Å². The van der Waals surface area contributed by atoms with E-state index in [4.69, 9.17) is 15.6 Å². The summed E-state index contributed by atoms with van der Waals surface area (Å²) in [4.78, 5) is 21.4. The molecule has 3 N–H and O–H groups in total. The maximum Gasteiger partial charge on any atom is 0.255 e. The summed E-state index contributed by atoms with van der Waals surface area (Å²) in [5, 5.41) is 16.6. The number of benzene rings is 2. The molecule has 11 nitrogen and oxygen atoms in total. The molecule has 1 amide bonds. The van der Waals surface area contributed by atoms with Crippen LogP contribution in [0.4, 0.5) is 5.82 Å².